The molecule has 178 valence electrons. The molecule has 2 aromatic carbocycles. The van der Waals surface area contributed by atoms with Gasteiger partial charge in [-0.1, -0.05) is 66.8 Å². The highest BCUT2D eigenvalue weighted by atomic mass is 16.5. The van der Waals surface area contributed by atoms with Gasteiger partial charge >= 0.3 is 0 Å². The van der Waals surface area contributed by atoms with Crippen molar-refractivity contribution in [2.24, 2.45) is 0 Å². The lowest BCUT2D eigenvalue weighted by atomic mass is 9.95. The van der Waals surface area contributed by atoms with Gasteiger partial charge in [0.15, 0.2) is 0 Å². The molecule has 33 heavy (non-hydrogen) atoms. The first kappa shape index (κ1) is 24.8. The monoisotopic (exact) mass is 450 g/mol. The van der Waals surface area contributed by atoms with Gasteiger partial charge in [-0.25, -0.2) is 0 Å². The molecule has 0 radical (unpaired) electrons. The van der Waals surface area contributed by atoms with Crippen molar-refractivity contribution in [3.05, 3.63) is 65.2 Å². The summed E-state index contributed by atoms with van der Waals surface area (Å²) in [5, 5.41) is 3.19. The van der Waals surface area contributed by atoms with E-state index in [1.807, 2.05) is 63.2 Å². The van der Waals surface area contributed by atoms with Gasteiger partial charge in [0.05, 0.1) is 6.61 Å². The van der Waals surface area contributed by atoms with Gasteiger partial charge in [-0.05, 0) is 57.7 Å². The fraction of sp³-hybridized carbons (Fsp3) is 0.500. The molecule has 1 aliphatic rings. The molecule has 2 aromatic rings. The first-order valence-electron chi connectivity index (χ1n) is 12.3. The number of ether oxygens (including phenoxy) is 1. The predicted molar refractivity (Wildman–Crippen MR) is 132 cm³/mol. The second-order valence-electron chi connectivity index (χ2n) is 9.30. The Labute approximate surface area is 198 Å². The third-order valence-electron chi connectivity index (χ3n) is 6.38. The average molecular weight is 451 g/mol. The van der Waals surface area contributed by atoms with Crippen LogP contribution < -0.4 is 10.1 Å². The standard InChI is InChI=1S/C28H38N2O3/c1-21-14-16-26(17-15-21)33-18-8-13-27(31)30(20-24-10-7-9-22(2)19-24)23(3)28(32)29-25-11-5-4-6-12-25/h7,9-10,14-17,19,23,25H,4-6,8,11-13,18,20H2,1-3H3,(H,29,32)/t23-/m0/s1. The maximum atomic E-state index is 13.2. The molecular formula is C28H38N2O3. The summed E-state index contributed by atoms with van der Waals surface area (Å²) in [6.45, 7) is 6.82. The van der Waals surface area contributed by atoms with Crippen LogP contribution in [0.4, 0.5) is 0 Å². The van der Waals surface area contributed by atoms with Crippen LogP contribution in [0, 0.1) is 13.8 Å². The number of hydrogen-bond acceptors (Lipinski definition) is 3. The number of hydrogen-bond donors (Lipinski definition) is 1. The summed E-state index contributed by atoms with van der Waals surface area (Å²) in [6, 6.07) is 15.7. The molecule has 0 spiro atoms. The third-order valence-corrected chi connectivity index (χ3v) is 6.38. The molecule has 1 N–H and O–H groups in total. The minimum atomic E-state index is -0.516. The number of benzene rings is 2. The van der Waals surface area contributed by atoms with E-state index in [9.17, 15) is 9.59 Å². The van der Waals surface area contributed by atoms with Crippen molar-refractivity contribution in [1.82, 2.24) is 10.2 Å². The minimum Gasteiger partial charge on any atom is -0.494 e. The number of carbonyl (C=O) groups is 2. The molecule has 0 heterocycles. The number of rotatable bonds is 10. The van der Waals surface area contributed by atoms with E-state index in [-0.39, 0.29) is 17.9 Å². The number of amides is 2. The average Bonchev–Trinajstić information content (AvgIpc) is 2.81. The van der Waals surface area contributed by atoms with E-state index < -0.39 is 6.04 Å². The fourth-order valence-corrected chi connectivity index (χ4v) is 4.35. The van der Waals surface area contributed by atoms with E-state index in [4.69, 9.17) is 4.74 Å². The third kappa shape index (κ3) is 7.92. The van der Waals surface area contributed by atoms with Crippen molar-refractivity contribution in [3.8, 4) is 5.75 Å². The maximum Gasteiger partial charge on any atom is 0.242 e. The highest BCUT2D eigenvalue weighted by molar-refractivity contribution is 5.87. The summed E-state index contributed by atoms with van der Waals surface area (Å²) in [5.41, 5.74) is 3.37. The number of nitrogens with one attached hydrogen (secondary N) is 1. The van der Waals surface area contributed by atoms with Crippen LogP contribution in [-0.2, 0) is 16.1 Å². The molecule has 5 nitrogen and oxygen atoms in total. The second kappa shape index (κ2) is 12.4. The van der Waals surface area contributed by atoms with Crippen LogP contribution in [0.25, 0.3) is 0 Å². The summed E-state index contributed by atoms with van der Waals surface area (Å²) >= 11 is 0. The minimum absolute atomic E-state index is 0.0182. The van der Waals surface area contributed by atoms with Crippen molar-refractivity contribution >= 4 is 11.8 Å². The highest BCUT2D eigenvalue weighted by Crippen LogP contribution is 2.19. The number of nitrogens with zero attached hydrogens (tertiary/aromatic N) is 1. The van der Waals surface area contributed by atoms with Gasteiger partial charge in [0, 0.05) is 19.0 Å². The Morgan fingerprint density at radius 1 is 1.03 bits per heavy atom. The first-order chi connectivity index (χ1) is 15.9. The normalized spacial score (nSPS) is 15.0. The molecule has 0 aromatic heterocycles. The topological polar surface area (TPSA) is 58.6 Å². The van der Waals surface area contributed by atoms with Crippen LogP contribution in [0.5, 0.6) is 5.75 Å². The smallest absolute Gasteiger partial charge is 0.242 e. The van der Waals surface area contributed by atoms with Crippen LogP contribution in [0.3, 0.4) is 0 Å². The molecule has 5 heteroatoms. The van der Waals surface area contributed by atoms with Crippen molar-refractivity contribution < 1.29 is 14.3 Å². The lowest BCUT2D eigenvalue weighted by molar-refractivity contribution is -0.141. The van der Waals surface area contributed by atoms with Gasteiger partial charge in [0.1, 0.15) is 11.8 Å². The first-order valence-corrected chi connectivity index (χ1v) is 12.3. The van der Waals surface area contributed by atoms with E-state index in [0.717, 1.165) is 42.6 Å². The van der Waals surface area contributed by atoms with E-state index in [1.165, 1.54) is 12.0 Å². The summed E-state index contributed by atoms with van der Waals surface area (Å²) in [6.07, 6.45) is 6.57. The molecule has 3 rings (SSSR count). The second-order valence-corrected chi connectivity index (χ2v) is 9.30. The molecule has 0 bridgehead atoms. The maximum absolute atomic E-state index is 13.2. The van der Waals surface area contributed by atoms with Crippen LogP contribution in [0.2, 0.25) is 0 Å². The predicted octanol–water partition coefficient (Wildman–Crippen LogP) is 5.33. The molecule has 2 amide bonds. The van der Waals surface area contributed by atoms with E-state index in [1.54, 1.807) is 4.90 Å². The van der Waals surface area contributed by atoms with E-state index in [0.29, 0.717) is 26.0 Å². The zero-order valence-corrected chi connectivity index (χ0v) is 20.3. The lowest BCUT2D eigenvalue weighted by Crippen LogP contribution is -2.50. The van der Waals surface area contributed by atoms with Gasteiger partial charge in [0.2, 0.25) is 11.8 Å². The van der Waals surface area contributed by atoms with Crippen molar-refractivity contribution in [1.29, 1.82) is 0 Å². The molecular weight excluding hydrogens is 412 g/mol. The molecule has 0 unspecified atom stereocenters. The quantitative estimate of drug-likeness (QED) is 0.498. The Morgan fingerprint density at radius 2 is 1.76 bits per heavy atom. The Morgan fingerprint density at radius 3 is 2.45 bits per heavy atom. The molecule has 1 atom stereocenters. The molecule has 1 aliphatic carbocycles. The number of carbonyl (C=O) groups excluding carboxylic acids is 2. The van der Waals surface area contributed by atoms with E-state index >= 15 is 0 Å². The Kier molecular flexibility index (Phi) is 9.35. The fourth-order valence-electron chi connectivity index (χ4n) is 4.35. The van der Waals surface area contributed by atoms with Crippen molar-refractivity contribution in [2.75, 3.05) is 6.61 Å². The number of aryl methyl sites for hydroxylation is 2. The SMILES string of the molecule is Cc1ccc(OCCCC(=O)N(Cc2cccc(C)c2)[C@@H](C)C(=O)NC2CCCCC2)cc1. The zero-order chi connectivity index (χ0) is 23.6. The molecule has 0 aliphatic heterocycles. The zero-order valence-electron chi connectivity index (χ0n) is 20.3. The van der Waals surface area contributed by atoms with Gasteiger partial charge in [-0.15, -0.1) is 0 Å². The Balaban J connectivity index is 1.60. The van der Waals surface area contributed by atoms with Crippen molar-refractivity contribution in [2.45, 2.75) is 84.3 Å². The van der Waals surface area contributed by atoms with Crippen LogP contribution in [-0.4, -0.2) is 35.4 Å². The summed E-state index contributed by atoms with van der Waals surface area (Å²) < 4.78 is 5.78. The summed E-state index contributed by atoms with van der Waals surface area (Å²) in [4.78, 5) is 28.0. The Bertz CT molecular complexity index is 904. The largest absolute Gasteiger partial charge is 0.494 e. The van der Waals surface area contributed by atoms with Gasteiger partial charge in [-0.2, -0.15) is 0 Å². The molecule has 0 saturated heterocycles. The summed E-state index contributed by atoms with van der Waals surface area (Å²) in [7, 11) is 0. The van der Waals surface area contributed by atoms with Gasteiger partial charge < -0.3 is 15.0 Å². The van der Waals surface area contributed by atoms with Crippen LogP contribution in [0.1, 0.15) is 68.6 Å². The van der Waals surface area contributed by atoms with Crippen molar-refractivity contribution in [3.63, 3.8) is 0 Å². The summed E-state index contributed by atoms with van der Waals surface area (Å²) in [5.74, 6) is 0.735. The van der Waals surface area contributed by atoms with Crippen LogP contribution in [0.15, 0.2) is 48.5 Å². The highest BCUT2D eigenvalue weighted by Gasteiger charge is 2.27. The van der Waals surface area contributed by atoms with Gasteiger partial charge in [0.25, 0.3) is 0 Å². The Hall–Kier alpha value is -2.82. The van der Waals surface area contributed by atoms with Crippen LogP contribution >= 0.6 is 0 Å². The molecule has 1 fully saturated rings. The lowest BCUT2D eigenvalue weighted by Gasteiger charge is -2.31. The van der Waals surface area contributed by atoms with E-state index in [2.05, 4.69) is 11.4 Å². The van der Waals surface area contributed by atoms with Gasteiger partial charge in [-0.3, -0.25) is 9.59 Å². The molecule has 1 saturated carbocycles.